The van der Waals surface area contributed by atoms with Gasteiger partial charge in [0, 0.05) is 39.1 Å². The number of rotatable bonds is 14. The summed E-state index contributed by atoms with van der Waals surface area (Å²) < 4.78 is 7.24. The number of fused-ring (bicyclic) bond motifs is 1. The Hall–Kier alpha value is -3.89. The molecule has 15 heteroatoms. The Morgan fingerprint density at radius 2 is 1.98 bits per heavy atom. The molecule has 1 aromatic carbocycles. The van der Waals surface area contributed by atoms with Crippen molar-refractivity contribution >= 4 is 35.2 Å². The summed E-state index contributed by atoms with van der Waals surface area (Å²) in [7, 11) is 0. The number of ether oxygens (including phenoxy) is 1. The van der Waals surface area contributed by atoms with E-state index >= 15 is 0 Å². The first kappa shape index (κ1) is 30.1. The Kier molecular flexibility index (Phi) is 10.0. The van der Waals surface area contributed by atoms with E-state index in [2.05, 4.69) is 20.3 Å². The summed E-state index contributed by atoms with van der Waals surface area (Å²) in [5.74, 6) is 0.141. The molecular weight excluding hydrogens is 534 g/mol. The Morgan fingerprint density at radius 3 is 2.66 bits per heavy atom. The molecule has 1 aliphatic rings. The number of aliphatic hydroxyl groups is 3. The van der Waals surface area contributed by atoms with Gasteiger partial charge in [-0.2, -0.15) is 9.97 Å². The lowest BCUT2D eigenvalue weighted by molar-refractivity contribution is -0.152. The summed E-state index contributed by atoms with van der Waals surface area (Å²) in [6.07, 6.45) is -4.35. The fourth-order valence-electron chi connectivity index (χ4n) is 4.69. The zero-order valence-electron chi connectivity index (χ0n) is 22.8. The maximum absolute atomic E-state index is 12.3. The fraction of sp³-hybridized carbons (Fsp3) is 0.500. The molecule has 0 radical (unpaired) electrons. The molecule has 5 atom stereocenters. The molecule has 4 rings (SSSR count). The topological polar surface area (TPSA) is 218 Å². The highest BCUT2D eigenvalue weighted by Crippen LogP contribution is 2.34. The quantitative estimate of drug-likeness (QED) is 0.0946. The number of anilines is 2. The summed E-state index contributed by atoms with van der Waals surface area (Å²) in [5.41, 5.74) is 13.3. The van der Waals surface area contributed by atoms with Crippen LogP contribution in [0.15, 0.2) is 36.7 Å². The summed E-state index contributed by atoms with van der Waals surface area (Å²) in [5, 5.41) is 34.8. The molecule has 41 heavy (non-hydrogen) atoms. The second-order valence-corrected chi connectivity index (χ2v) is 9.67. The van der Waals surface area contributed by atoms with Gasteiger partial charge in [-0.25, -0.2) is 4.98 Å². The van der Waals surface area contributed by atoms with Crippen LogP contribution in [-0.2, 0) is 20.7 Å². The van der Waals surface area contributed by atoms with Crippen molar-refractivity contribution in [2.45, 2.75) is 50.5 Å². The van der Waals surface area contributed by atoms with Crippen LogP contribution in [0.1, 0.15) is 25.1 Å². The van der Waals surface area contributed by atoms with Gasteiger partial charge in [0.05, 0.1) is 6.33 Å². The number of nitrogens with zero attached hydrogens (tertiary/aromatic N) is 6. The maximum Gasteiger partial charge on any atom is 0.229 e. The normalized spacial score (nSPS) is 21.1. The minimum absolute atomic E-state index is 0.0729. The van der Waals surface area contributed by atoms with Crippen LogP contribution in [-0.4, -0.2) is 109 Å². The Labute approximate surface area is 236 Å². The van der Waals surface area contributed by atoms with E-state index in [1.54, 1.807) is 6.92 Å². The van der Waals surface area contributed by atoms with E-state index < -0.39 is 30.8 Å². The molecule has 0 bridgehead atoms. The molecule has 8 N–H and O–H groups in total. The van der Waals surface area contributed by atoms with Crippen molar-refractivity contribution in [2.75, 3.05) is 43.4 Å². The van der Waals surface area contributed by atoms with Gasteiger partial charge in [-0.1, -0.05) is 30.3 Å². The van der Waals surface area contributed by atoms with Gasteiger partial charge in [-0.3, -0.25) is 14.2 Å². The standard InChI is InChI=1S/C26H37N9O6/c1-2-33(15-36)24(40)21-19(38)20(39)25(41-21)35-14-30-18-22(28)31-26(32-23(18)35)34(13-9-17(37)29-11-10-27)12-8-16-6-4-3-5-7-16/h3-7,14-15,19-21,24-25,38-40H,2,8-13,27H2,1H3,(H,29,37)(H2,28,31,32)/t19-,20+,21-,24?,25+/m0/s1. The summed E-state index contributed by atoms with van der Waals surface area (Å²) >= 11 is 0. The Balaban J connectivity index is 1.63. The molecule has 1 saturated heterocycles. The van der Waals surface area contributed by atoms with Gasteiger partial charge in [0.2, 0.25) is 18.3 Å². The van der Waals surface area contributed by atoms with Crippen molar-refractivity contribution < 1.29 is 29.6 Å². The second-order valence-electron chi connectivity index (χ2n) is 9.67. The molecule has 15 nitrogen and oxygen atoms in total. The second kappa shape index (κ2) is 13.6. The lowest BCUT2D eigenvalue weighted by Crippen LogP contribution is -2.48. The first-order valence-electron chi connectivity index (χ1n) is 13.4. The number of amides is 2. The SMILES string of the molecule is CCN(C=O)C(O)[C@H]1O[C@@H](n2cnc3c(N)nc(N(CCC(=O)NCCN)CCc4ccccc4)nc32)[C@H](O)[C@@H]1O. The number of nitrogens with two attached hydrogens (primary N) is 2. The van der Waals surface area contributed by atoms with Crippen LogP contribution in [0.5, 0.6) is 0 Å². The number of imidazole rings is 1. The third-order valence-electron chi connectivity index (χ3n) is 6.99. The van der Waals surface area contributed by atoms with E-state index in [0.717, 1.165) is 10.5 Å². The van der Waals surface area contributed by atoms with Gasteiger partial charge in [0.15, 0.2) is 23.9 Å². The molecule has 2 amide bonds. The highest BCUT2D eigenvalue weighted by Gasteiger charge is 2.48. The zero-order chi connectivity index (χ0) is 29.5. The number of hydrogen-bond acceptors (Lipinski definition) is 12. The lowest BCUT2D eigenvalue weighted by atomic mass is 10.1. The third kappa shape index (κ3) is 6.71. The molecule has 0 spiro atoms. The summed E-state index contributed by atoms with van der Waals surface area (Å²) in [4.78, 5) is 39.9. The van der Waals surface area contributed by atoms with Crippen molar-refractivity contribution in [2.24, 2.45) is 5.73 Å². The van der Waals surface area contributed by atoms with Gasteiger partial charge in [0.1, 0.15) is 23.8 Å². The zero-order valence-corrected chi connectivity index (χ0v) is 22.8. The first-order chi connectivity index (χ1) is 19.8. The number of hydrogen-bond donors (Lipinski definition) is 6. The number of carbonyl (C=O) groups excluding carboxylic acids is 2. The predicted molar refractivity (Wildman–Crippen MR) is 149 cm³/mol. The minimum atomic E-state index is -1.51. The van der Waals surface area contributed by atoms with Crippen molar-refractivity contribution in [1.29, 1.82) is 0 Å². The molecule has 3 aromatic rings. The van der Waals surface area contributed by atoms with Crippen LogP contribution in [0.4, 0.5) is 11.8 Å². The Morgan fingerprint density at radius 1 is 1.22 bits per heavy atom. The number of nitrogen functional groups attached to an aromatic ring is 1. The van der Waals surface area contributed by atoms with Gasteiger partial charge in [0.25, 0.3) is 0 Å². The minimum Gasteiger partial charge on any atom is -0.387 e. The lowest BCUT2D eigenvalue weighted by Gasteiger charge is -2.28. The molecule has 0 aliphatic carbocycles. The number of nitrogens with one attached hydrogen (secondary N) is 1. The molecule has 0 saturated carbocycles. The number of benzene rings is 1. The van der Waals surface area contributed by atoms with Crippen LogP contribution >= 0.6 is 0 Å². The monoisotopic (exact) mass is 571 g/mol. The fourth-order valence-corrected chi connectivity index (χ4v) is 4.69. The van der Waals surface area contributed by atoms with Crippen molar-refractivity contribution in [3.05, 3.63) is 42.2 Å². The van der Waals surface area contributed by atoms with E-state index in [1.807, 2.05) is 35.2 Å². The van der Waals surface area contributed by atoms with E-state index in [-0.39, 0.29) is 48.3 Å². The van der Waals surface area contributed by atoms with Gasteiger partial charge in [-0.15, -0.1) is 0 Å². The number of carbonyl (C=O) groups is 2. The summed E-state index contributed by atoms with van der Waals surface area (Å²) in [6.45, 7) is 3.28. The van der Waals surface area contributed by atoms with Crippen LogP contribution in [0, 0.1) is 0 Å². The molecule has 1 aliphatic heterocycles. The molecule has 3 heterocycles. The summed E-state index contributed by atoms with van der Waals surface area (Å²) in [6, 6.07) is 9.82. The molecule has 222 valence electrons. The van der Waals surface area contributed by atoms with E-state index in [4.69, 9.17) is 16.2 Å². The Bertz CT molecular complexity index is 1310. The van der Waals surface area contributed by atoms with Crippen molar-refractivity contribution in [1.82, 2.24) is 29.7 Å². The first-order valence-corrected chi connectivity index (χ1v) is 13.4. The van der Waals surface area contributed by atoms with Crippen LogP contribution in [0.25, 0.3) is 11.2 Å². The number of aromatic nitrogens is 4. The highest BCUT2D eigenvalue weighted by atomic mass is 16.6. The van der Waals surface area contributed by atoms with E-state index in [0.29, 0.717) is 32.5 Å². The van der Waals surface area contributed by atoms with Crippen molar-refractivity contribution in [3.8, 4) is 0 Å². The van der Waals surface area contributed by atoms with Crippen LogP contribution in [0.3, 0.4) is 0 Å². The van der Waals surface area contributed by atoms with Crippen LogP contribution < -0.4 is 21.7 Å². The highest BCUT2D eigenvalue weighted by molar-refractivity contribution is 5.83. The van der Waals surface area contributed by atoms with E-state index in [9.17, 15) is 24.9 Å². The number of likely N-dealkylation sites (N-methyl/N-ethyl adjacent to an activating group) is 1. The maximum atomic E-state index is 12.3. The average Bonchev–Trinajstić information content (AvgIpc) is 3.53. The van der Waals surface area contributed by atoms with Gasteiger partial charge in [-0.05, 0) is 18.9 Å². The van der Waals surface area contributed by atoms with Gasteiger partial charge >= 0.3 is 0 Å². The van der Waals surface area contributed by atoms with Crippen LogP contribution in [0.2, 0.25) is 0 Å². The molecule has 2 aromatic heterocycles. The average molecular weight is 572 g/mol. The molecular formula is C26H37N9O6. The smallest absolute Gasteiger partial charge is 0.229 e. The third-order valence-corrected chi connectivity index (χ3v) is 6.99. The van der Waals surface area contributed by atoms with Crippen molar-refractivity contribution in [3.63, 3.8) is 0 Å². The molecule has 1 unspecified atom stereocenters. The van der Waals surface area contributed by atoms with E-state index in [1.165, 1.54) is 10.9 Å². The largest absolute Gasteiger partial charge is 0.387 e. The number of aliphatic hydroxyl groups excluding tert-OH is 3. The van der Waals surface area contributed by atoms with Gasteiger partial charge < -0.3 is 46.6 Å². The predicted octanol–water partition coefficient (Wildman–Crippen LogP) is -1.66. The molecule has 1 fully saturated rings.